The number of rotatable bonds is 6. The number of hydrogen-bond donors (Lipinski definition) is 3. The van der Waals surface area contributed by atoms with Crippen LogP contribution in [-0.2, 0) is 6.54 Å². The fourth-order valence-electron chi connectivity index (χ4n) is 1.86. The van der Waals surface area contributed by atoms with E-state index in [0.717, 1.165) is 12.1 Å². The number of phenols is 2. The molecule has 0 aliphatic carbocycles. The molecule has 112 valence electrons. The maximum absolute atomic E-state index is 9.74. The SMILES string of the molecule is CCCOc1ccc(NCc2cccc(O)c2O)cc1Cl. The molecule has 21 heavy (non-hydrogen) atoms. The maximum Gasteiger partial charge on any atom is 0.162 e. The Kier molecular flexibility index (Phi) is 5.17. The van der Waals surface area contributed by atoms with E-state index in [1.165, 1.54) is 6.07 Å². The fourth-order valence-corrected chi connectivity index (χ4v) is 2.09. The van der Waals surface area contributed by atoms with Crippen LogP contribution in [0.3, 0.4) is 0 Å². The first-order chi connectivity index (χ1) is 10.1. The average molecular weight is 308 g/mol. The molecule has 0 aromatic heterocycles. The standard InChI is InChI=1S/C16H18ClNO3/c1-2-8-21-15-7-6-12(9-13(15)17)18-10-11-4-3-5-14(19)16(11)20/h3-7,9,18-20H,2,8,10H2,1H3. The van der Waals surface area contributed by atoms with Gasteiger partial charge in [-0.2, -0.15) is 0 Å². The van der Waals surface area contributed by atoms with Gasteiger partial charge < -0.3 is 20.3 Å². The summed E-state index contributed by atoms with van der Waals surface area (Å²) in [6.07, 6.45) is 0.924. The topological polar surface area (TPSA) is 61.7 Å². The van der Waals surface area contributed by atoms with E-state index < -0.39 is 0 Å². The second-order valence-corrected chi connectivity index (χ2v) is 5.04. The predicted molar refractivity (Wildman–Crippen MR) is 84.3 cm³/mol. The van der Waals surface area contributed by atoms with Gasteiger partial charge in [-0.3, -0.25) is 0 Å². The van der Waals surface area contributed by atoms with Crippen molar-refractivity contribution >= 4 is 17.3 Å². The first-order valence-corrected chi connectivity index (χ1v) is 7.15. The van der Waals surface area contributed by atoms with Gasteiger partial charge in [0.15, 0.2) is 11.5 Å². The van der Waals surface area contributed by atoms with Crippen LogP contribution in [0, 0.1) is 0 Å². The number of hydrogen-bond acceptors (Lipinski definition) is 4. The van der Waals surface area contributed by atoms with Crippen molar-refractivity contribution in [2.24, 2.45) is 0 Å². The molecule has 0 unspecified atom stereocenters. The third-order valence-corrected chi connectivity index (χ3v) is 3.27. The Hall–Kier alpha value is -2.07. The first-order valence-electron chi connectivity index (χ1n) is 6.78. The molecule has 0 spiro atoms. The fraction of sp³-hybridized carbons (Fsp3) is 0.250. The number of anilines is 1. The lowest BCUT2D eigenvalue weighted by atomic mass is 10.2. The van der Waals surface area contributed by atoms with Crippen LogP contribution in [0.5, 0.6) is 17.2 Å². The Bertz CT molecular complexity index is 616. The Balaban J connectivity index is 2.03. The normalized spacial score (nSPS) is 10.4. The van der Waals surface area contributed by atoms with Gasteiger partial charge in [-0.05, 0) is 30.7 Å². The van der Waals surface area contributed by atoms with Crippen molar-refractivity contribution in [2.45, 2.75) is 19.9 Å². The summed E-state index contributed by atoms with van der Waals surface area (Å²) in [6, 6.07) is 10.3. The lowest BCUT2D eigenvalue weighted by Crippen LogP contribution is -2.01. The minimum atomic E-state index is -0.129. The van der Waals surface area contributed by atoms with E-state index in [2.05, 4.69) is 5.32 Å². The van der Waals surface area contributed by atoms with Gasteiger partial charge in [0.1, 0.15) is 5.75 Å². The van der Waals surface area contributed by atoms with Crippen molar-refractivity contribution in [3.05, 3.63) is 47.0 Å². The van der Waals surface area contributed by atoms with Gasteiger partial charge in [-0.25, -0.2) is 0 Å². The quantitative estimate of drug-likeness (QED) is 0.702. The van der Waals surface area contributed by atoms with Crippen LogP contribution < -0.4 is 10.1 Å². The smallest absolute Gasteiger partial charge is 0.162 e. The molecular weight excluding hydrogens is 290 g/mol. The predicted octanol–water partition coefficient (Wildman–Crippen LogP) is 4.15. The van der Waals surface area contributed by atoms with Crippen molar-refractivity contribution in [1.29, 1.82) is 0 Å². The highest BCUT2D eigenvalue weighted by Crippen LogP contribution is 2.30. The van der Waals surface area contributed by atoms with Crippen molar-refractivity contribution in [2.75, 3.05) is 11.9 Å². The van der Waals surface area contributed by atoms with Crippen LogP contribution in [0.15, 0.2) is 36.4 Å². The third kappa shape index (κ3) is 3.95. The molecule has 0 amide bonds. The van der Waals surface area contributed by atoms with E-state index in [1.54, 1.807) is 18.2 Å². The minimum Gasteiger partial charge on any atom is -0.504 e. The van der Waals surface area contributed by atoms with Crippen LogP contribution in [0.25, 0.3) is 0 Å². The van der Waals surface area contributed by atoms with Crippen LogP contribution in [0.1, 0.15) is 18.9 Å². The number of halogens is 1. The summed E-state index contributed by atoms with van der Waals surface area (Å²) < 4.78 is 5.51. The molecule has 5 heteroatoms. The third-order valence-electron chi connectivity index (χ3n) is 2.97. The molecule has 0 radical (unpaired) electrons. The number of benzene rings is 2. The zero-order chi connectivity index (χ0) is 15.2. The van der Waals surface area contributed by atoms with Gasteiger partial charge in [-0.15, -0.1) is 0 Å². The molecule has 2 aromatic carbocycles. The largest absolute Gasteiger partial charge is 0.504 e. The summed E-state index contributed by atoms with van der Waals surface area (Å²) in [6.45, 7) is 3.04. The van der Waals surface area contributed by atoms with Crippen LogP contribution in [0.2, 0.25) is 5.02 Å². The van der Waals surface area contributed by atoms with Crippen LogP contribution in [0.4, 0.5) is 5.69 Å². The summed E-state index contributed by atoms with van der Waals surface area (Å²) in [5, 5.41) is 22.9. The van der Waals surface area contributed by atoms with Crippen molar-refractivity contribution in [3.63, 3.8) is 0 Å². The van der Waals surface area contributed by atoms with E-state index in [4.69, 9.17) is 16.3 Å². The molecule has 0 aliphatic heterocycles. The van der Waals surface area contributed by atoms with E-state index in [1.807, 2.05) is 19.1 Å². The summed E-state index contributed by atoms with van der Waals surface area (Å²) in [5.41, 5.74) is 1.42. The molecule has 0 heterocycles. The zero-order valence-corrected chi connectivity index (χ0v) is 12.5. The molecule has 2 aromatic rings. The first kappa shape index (κ1) is 15.3. The Morgan fingerprint density at radius 3 is 2.71 bits per heavy atom. The molecule has 3 N–H and O–H groups in total. The monoisotopic (exact) mass is 307 g/mol. The van der Waals surface area contributed by atoms with Crippen LogP contribution >= 0.6 is 11.6 Å². The number of para-hydroxylation sites is 1. The van der Waals surface area contributed by atoms with E-state index in [9.17, 15) is 10.2 Å². The Labute approximate surface area is 129 Å². The summed E-state index contributed by atoms with van der Waals surface area (Å²) in [4.78, 5) is 0. The van der Waals surface area contributed by atoms with E-state index in [-0.39, 0.29) is 11.5 Å². The highest BCUT2D eigenvalue weighted by atomic mass is 35.5. The average Bonchev–Trinajstić information content (AvgIpc) is 2.48. The van der Waals surface area contributed by atoms with Gasteiger partial charge in [-0.1, -0.05) is 30.7 Å². The minimum absolute atomic E-state index is 0.112. The summed E-state index contributed by atoms with van der Waals surface area (Å²) in [7, 11) is 0. The van der Waals surface area contributed by atoms with Gasteiger partial charge in [0.2, 0.25) is 0 Å². The van der Waals surface area contributed by atoms with Crippen molar-refractivity contribution in [1.82, 2.24) is 0 Å². The second kappa shape index (κ2) is 7.09. The Morgan fingerprint density at radius 2 is 2.00 bits per heavy atom. The summed E-state index contributed by atoms with van der Waals surface area (Å²) >= 11 is 6.15. The molecule has 0 bridgehead atoms. The molecule has 0 atom stereocenters. The van der Waals surface area contributed by atoms with Crippen molar-refractivity contribution < 1.29 is 14.9 Å². The lowest BCUT2D eigenvalue weighted by Gasteiger charge is -2.11. The number of nitrogens with one attached hydrogen (secondary N) is 1. The number of aromatic hydroxyl groups is 2. The van der Waals surface area contributed by atoms with Crippen molar-refractivity contribution in [3.8, 4) is 17.2 Å². The van der Waals surface area contributed by atoms with Crippen LogP contribution in [-0.4, -0.2) is 16.8 Å². The van der Waals surface area contributed by atoms with Gasteiger partial charge in [0.05, 0.1) is 11.6 Å². The van der Waals surface area contributed by atoms with Gasteiger partial charge in [0, 0.05) is 17.8 Å². The molecule has 0 aliphatic rings. The second-order valence-electron chi connectivity index (χ2n) is 4.63. The number of ether oxygens (including phenoxy) is 1. The molecule has 0 saturated carbocycles. The number of phenolic OH excluding ortho intramolecular Hbond substituents is 2. The van der Waals surface area contributed by atoms with E-state index >= 15 is 0 Å². The molecule has 0 fully saturated rings. The molecule has 0 saturated heterocycles. The maximum atomic E-state index is 9.74. The zero-order valence-electron chi connectivity index (χ0n) is 11.8. The van der Waals surface area contributed by atoms with Gasteiger partial charge >= 0.3 is 0 Å². The molecule has 4 nitrogen and oxygen atoms in total. The molecule has 2 rings (SSSR count). The lowest BCUT2D eigenvalue weighted by molar-refractivity contribution is 0.317. The highest BCUT2D eigenvalue weighted by molar-refractivity contribution is 6.32. The highest BCUT2D eigenvalue weighted by Gasteiger charge is 2.07. The van der Waals surface area contributed by atoms with E-state index in [0.29, 0.717) is 29.5 Å². The van der Waals surface area contributed by atoms with Gasteiger partial charge in [0.25, 0.3) is 0 Å². The molecular formula is C16H18ClNO3. The Morgan fingerprint density at radius 1 is 1.19 bits per heavy atom. The summed E-state index contributed by atoms with van der Waals surface area (Å²) in [5.74, 6) is 0.416.